The van der Waals surface area contributed by atoms with Crippen LogP contribution in [0, 0.1) is 6.92 Å². The van der Waals surface area contributed by atoms with Gasteiger partial charge < -0.3 is 4.57 Å². The lowest BCUT2D eigenvalue weighted by Gasteiger charge is -2.10. The summed E-state index contributed by atoms with van der Waals surface area (Å²) in [5.41, 5.74) is 6.45. The summed E-state index contributed by atoms with van der Waals surface area (Å²) in [7, 11) is 0. The van der Waals surface area contributed by atoms with E-state index in [1.165, 1.54) is 38.6 Å². The third-order valence-corrected chi connectivity index (χ3v) is 4.65. The zero-order valence-electron chi connectivity index (χ0n) is 13.9. The van der Waals surface area contributed by atoms with Gasteiger partial charge in [0, 0.05) is 16.5 Å². The van der Waals surface area contributed by atoms with Gasteiger partial charge in [0.05, 0.1) is 11.0 Å². The summed E-state index contributed by atoms with van der Waals surface area (Å²) >= 11 is 0. The van der Waals surface area contributed by atoms with Gasteiger partial charge in [0.15, 0.2) is 0 Å². The first-order valence-corrected chi connectivity index (χ1v) is 8.25. The third-order valence-electron chi connectivity index (χ3n) is 4.65. The number of para-hydroxylation sites is 1. The van der Waals surface area contributed by atoms with E-state index in [-0.39, 0.29) is 0 Å². The second kappa shape index (κ2) is 5.27. The second-order valence-electron chi connectivity index (χ2n) is 6.62. The van der Waals surface area contributed by atoms with Crippen LogP contribution in [-0.2, 0) is 0 Å². The Morgan fingerprint density at radius 1 is 0.739 bits per heavy atom. The van der Waals surface area contributed by atoms with E-state index in [1.54, 1.807) is 0 Å². The first-order valence-electron chi connectivity index (χ1n) is 8.25. The Morgan fingerprint density at radius 3 is 2.17 bits per heavy atom. The molecule has 0 saturated heterocycles. The van der Waals surface area contributed by atoms with Crippen molar-refractivity contribution in [1.29, 1.82) is 0 Å². The number of benzene rings is 3. The van der Waals surface area contributed by atoms with Crippen molar-refractivity contribution < 1.29 is 0 Å². The van der Waals surface area contributed by atoms with Crippen LogP contribution in [0.15, 0.2) is 66.7 Å². The third kappa shape index (κ3) is 2.24. The molecule has 0 spiro atoms. The Kier molecular flexibility index (Phi) is 3.23. The summed E-state index contributed by atoms with van der Waals surface area (Å²) in [5, 5.41) is 2.65. The first-order chi connectivity index (χ1) is 11.1. The molecule has 23 heavy (non-hydrogen) atoms. The molecule has 0 aliphatic carbocycles. The van der Waals surface area contributed by atoms with Gasteiger partial charge in [0.25, 0.3) is 0 Å². The Bertz CT molecular complexity index is 988. The van der Waals surface area contributed by atoms with Crippen molar-refractivity contribution in [2.24, 2.45) is 0 Å². The summed E-state index contributed by atoms with van der Waals surface area (Å²) in [5.74, 6) is 0.560. The van der Waals surface area contributed by atoms with Gasteiger partial charge in [-0.3, -0.25) is 0 Å². The Morgan fingerprint density at radius 2 is 1.43 bits per heavy atom. The molecule has 1 aromatic heterocycles. The van der Waals surface area contributed by atoms with Crippen LogP contribution in [0.4, 0.5) is 0 Å². The van der Waals surface area contributed by atoms with E-state index in [2.05, 4.69) is 92.1 Å². The molecule has 0 aliphatic rings. The summed E-state index contributed by atoms with van der Waals surface area (Å²) in [6.45, 7) is 6.62. The van der Waals surface area contributed by atoms with Gasteiger partial charge in [-0.05, 0) is 48.7 Å². The van der Waals surface area contributed by atoms with Crippen molar-refractivity contribution in [2.75, 3.05) is 0 Å². The number of hydrogen-bond donors (Lipinski definition) is 0. The Balaban J connectivity index is 2.04. The standard InChI is InChI=1S/C22H21N/c1-15(2)17-9-11-18(12-10-17)23-21-7-5-4-6-19(21)20-14-16(3)8-13-22(20)23/h4-15H,1-3H3. The van der Waals surface area contributed by atoms with Crippen molar-refractivity contribution in [3.8, 4) is 5.69 Å². The molecule has 1 nitrogen and oxygen atoms in total. The minimum Gasteiger partial charge on any atom is -0.309 e. The lowest BCUT2D eigenvalue weighted by Crippen LogP contribution is -1.95. The fourth-order valence-corrected chi connectivity index (χ4v) is 3.37. The van der Waals surface area contributed by atoms with E-state index in [9.17, 15) is 0 Å². The maximum atomic E-state index is 2.37. The number of hydrogen-bond acceptors (Lipinski definition) is 0. The summed E-state index contributed by atoms with van der Waals surface area (Å²) < 4.78 is 2.37. The molecular formula is C22H21N. The molecule has 3 aromatic carbocycles. The van der Waals surface area contributed by atoms with Crippen LogP contribution in [-0.4, -0.2) is 4.57 Å². The maximum absolute atomic E-state index is 2.37. The molecule has 4 rings (SSSR count). The van der Waals surface area contributed by atoms with Gasteiger partial charge in [0.2, 0.25) is 0 Å². The van der Waals surface area contributed by atoms with Crippen molar-refractivity contribution in [3.05, 3.63) is 77.9 Å². The van der Waals surface area contributed by atoms with Crippen LogP contribution in [0.1, 0.15) is 30.9 Å². The molecule has 0 saturated carbocycles. The van der Waals surface area contributed by atoms with Crippen LogP contribution in [0.2, 0.25) is 0 Å². The van der Waals surface area contributed by atoms with Crippen molar-refractivity contribution >= 4 is 21.8 Å². The molecule has 0 radical (unpaired) electrons. The zero-order valence-corrected chi connectivity index (χ0v) is 13.9. The Labute approximate surface area is 137 Å². The van der Waals surface area contributed by atoms with E-state index < -0.39 is 0 Å². The van der Waals surface area contributed by atoms with Crippen LogP contribution < -0.4 is 0 Å². The minimum absolute atomic E-state index is 0.560. The molecule has 114 valence electrons. The normalized spacial score (nSPS) is 11.7. The summed E-state index contributed by atoms with van der Waals surface area (Å²) in [6.07, 6.45) is 0. The molecule has 4 aromatic rings. The average Bonchev–Trinajstić information content (AvgIpc) is 2.89. The van der Waals surface area contributed by atoms with Gasteiger partial charge in [-0.1, -0.05) is 55.8 Å². The Hall–Kier alpha value is -2.54. The number of nitrogens with zero attached hydrogens (tertiary/aromatic N) is 1. The first kappa shape index (κ1) is 14.1. The fourth-order valence-electron chi connectivity index (χ4n) is 3.37. The fraction of sp³-hybridized carbons (Fsp3) is 0.182. The van der Waals surface area contributed by atoms with Gasteiger partial charge in [-0.15, -0.1) is 0 Å². The topological polar surface area (TPSA) is 4.93 Å². The van der Waals surface area contributed by atoms with Crippen molar-refractivity contribution in [1.82, 2.24) is 4.57 Å². The lowest BCUT2D eigenvalue weighted by atomic mass is 10.0. The molecule has 1 heterocycles. The molecule has 0 aliphatic heterocycles. The molecule has 1 heteroatoms. The molecule has 0 amide bonds. The van der Waals surface area contributed by atoms with Crippen LogP contribution in [0.5, 0.6) is 0 Å². The predicted octanol–water partition coefficient (Wildman–Crippen LogP) is 6.22. The number of aryl methyl sites for hydroxylation is 1. The van der Waals surface area contributed by atoms with Gasteiger partial charge >= 0.3 is 0 Å². The molecule has 0 fully saturated rings. The number of fused-ring (bicyclic) bond motifs is 3. The maximum Gasteiger partial charge on any atom is 0.0541 e. The van der Waals surface area contributed by atoms with Gasteiger partial charge in [-0.2, -0.15) is 0 Å². The zero-order chi connectivity index (χ0) is 16.0. The van der Waals surface area contributed by atoms with Gasteiger partial charge in [0.1, 0.15) is 0 Å². The quantitative estimate of drug-likeness (QED) is 0.414. The van der Waals surface area contributed by atoms with Crippen molar-refractivity contribution in [3.63, 3.8) is 0 Å². The number of aromatic nitrogens is 1. The smallest absolute Gasteiger partial charge is 0.0541 e. The highest BCUT2D eigenvalue weighted by Crippen LogP contribution is 2.32. The molecule has 0 unspecified atom stereocenters. The lowest BCUT2D eigenvalue weighted by molar-refractivity contribution is 0.866. The van der Waals surface area contributed by atoms with E-state index >= 15 is 0 Å². The second-order valence-corrected chi connectivity index (χ2v) is 6.62. The minimum atomic E-state index is 0.560. The largest absolute Gasteiger partial charge is 0.309 e. The monoisotopic (exact) mass is 299 g/mol. The molecular weight excluding hydrogens is 278 g/mol. The van der Waals surface area contributed by atoms with E-state index in [4.69, 9.17) is 0 Å². The SMILES string of the molecule is Cc1ccc2c(c1)c1ccccc1n2-c1ccc(C(C)C)cc1. The van der Waals surface area contributed by atoms with Crippen molar-refractivity contribution in [2.45, 2.75) is 26.7 Å². The van der Waals surface area contributed by atoms with E-state index in [0.717, 1.165) is 0 Å². The van der Waals surface area contributed by atoms with Crippen LogP contribution in [0.25, 0.3) is 27.5 Å². The highest BCUT2D eigenvalue weighted by Gasteiger charge is 2.12. The van der Waals surface area contributed by atoms with E-state index in [0.29, 0.717) is 5.92 Å². The average molecular weight is 299 g/mol. The van der Waals surface area contributed by atoms with E-state index in [1.807, 2.05) is 0 Å². The van der Waals surface area contributed by atoms with Gasteiger partial charge in [-0.25, -0.2) is 0 Å². The molecule has 0 N–H and O–H groups in total. The predicted molar refractivity (Wildman–Crippen MR) is 99.6 cm³/mol. The summed E-state index contributed by atoms with van der Waals surface area (Å²) in [6, 6.07) is 24.4. The highest BCUT2D eigenvalue weighted by atomic mass is 15.0. The van der Waals surface area contributed by atoms with Crippen LogP contribution in [0.3, 0.4) is 0 Å². The van der Waals surface area contributed by atoms with Crippen LogP contribution >= 0.6 is 0 Å². The summed E-state index contributed by atoms with van der Waals surface area (Å²) in [4.78, 5) is 0. The molecule has 0 bridgehead atoms. The molecule has 0 atom stereocenters. The number of rotatable bonds is 2. The highest BCUT2D eigenvalue weighted by molar-refractivity contribution is 6.09.